The van der Waals surface area contributed by atoms with Crippen LogP contribution in [0.4, 0.5) is 10.2 Å². The third-order valence-electron chi connectivity index (χ3n) is 2.54. The summed E-state index contributed by atoms with van der Waals surface area (Å²) in [5.41, 5.74) is 8.42. The Bertz CT molecular complexity index is 548. The summed E-state index contributed by atoms with van der Waals surface area (Å²) in [4.78, 5) is 0. The summed E-state index contributed by atoms with van der Waals surface area (Å²) in [6.07, 6.45) is 1.68. The summed E-state index contributed by atoms with van der Waals surface area (Å²) >= 11 is 3.17. The zero-order chi connectivity index (χ0) is 11.9. The van der Waals surface area contributed by atoms with Gasteiger partial charge >= 0.3 is 0 Å². The number of hydrogen-bond acceptors (Lipinski definition) is 2. The zero-order valence-corrected chi connectivity index (χ0v) is 10.5. The van der Waals surface area contributed by atoms with Crippen LogP contribution < -0.4 is 5.73 Å². The minimum absolute atomic E-state index is 0.274. The molecule has 16 heavy (non-hydrogen) atoms. The molecule has 1 aromatic carbocycles. The first-order chi connectivity index (χ1) is 7.50. The number of anilines is 1. The van der Waals surface area contributed by atoms with Crippen molar-refractivity contribution in [1.82, 2.24) is 9.78 Å². The van der Waals surface area contributed by atoms with Crippen LogP contribution >= 0.6 is 15.9 Å². The fourth-order valence-corrected chi connectivity index (χ4v) is 1.93. The molecule has 0 aliphatic heterocycles. The number of nitrogens with zero attached hydrogens (tertiary/aromatic N) is 2. The minimum Gasteiger partial charge on any atom is -0.383 e. The van der Waals surface area contributed by atoms with Crippen molar-refractivity contribution in [3.63, 3.8) is 0 Å². The Labute approximate surface area is 101 Å². The Morgan fingerprint density at radius 2 is 2.06 bits per heavy atom. The Kier molecular flexibility index (Phi) is 2.71. The monoisotopic (exact) mass is 283 g/mol. The average molecular weight is 284 g/mol. The molecule has 0 amide bonds. The van der Waals surface area contributed by atoms with E-state index < -0.39 is 0 Å². The molecule has 0 aliphatic rings. The van der Waals surface area contributed by atoms with Crippen molar-refractivity contribution in [2.75, 3.05) is 5.73 Å². The molecule has 0 saturated heterocycles. The number of nitrogen functional groups attached to an aromatic ring is 1. The molecule has 2 N–H and O–H groups in total. The van der Waals surface area contributed by atoms with Crippen LogP contribution in [0, 0.1) is 12.7 Å². The Morgan fingerprint density at radius 3 is 2.62 bits per heavy atom. The second-order valence-electron chi connectivity index (χ2n) is 3.65. The fraction of sp³-hybridized carbons (Fsp3) is 0.182. The molecule has 0 bridgehead atoms. The Hall–Kier alpha value is -1.36. The van der Waals surface area contributed by atoms with Crippen LogP contribution in [0.3, 0.4) is 0 Å². The summed E-state index contributed by atoms with van der Waals surface area (Å²) in [7, 11) is 1.77. The second kappa shape index (κ2) is 3.90. The van der Waals surface area contributed by atoms with Crippen LogP contribution in [-0.4, -0.2) is 9.78 Å². The van der Waals surface area contributed by atoms with Crippen LogP contribution in [0.2, 0.25) is 0 Å². The number of hydrogen-bond donors (Lipinski definition) is 1. The highest BCUT2D eigenvalue weighted by Crippen LogP contribution is 2.31. The molecule has 0 atom stereocenters. The lowest BCUT2D eigenvalue weighted by molar-refractivity contribution is 0.620. The number of benzene rings is 1. The highest BCUT2D eigenvalue weighted by atomic mass is 79.9. The molecule has 0 fully saturated rings. The van der Waals surface area contributed by atoms with Gasteiger partial charge in [0.2, 0.25) is 0 Å². The smallest absolute Gasteiger partial charge is 0.137 e. The van der Waals surface area contributed by atoms with E-state index in [1.807, 2.05) is 6.92 Å². The maximum absolute atomic E-state index is 13.3. The van der Waals surface area contributed by atoms with E-state index in [0.29, 0.717) is 10.3 Å². The third-order valence-corrected chi connectivity index (χ3v) is 3.15. The van der Waals surface area contributed by atoms with Crippen LogP contribution in [0.1, 0.15) is 5.56 Å². The Balaban J connectivity index is 2.65. The van der Waals surface area contributed by atoms with E-state index in [1.54, 1.807) is 24.0 Å². The number of halogens is 2. The molecule has 5 heteroatoms. The highest BCUT2D eigenvalue weighted by molar-refractivity contribution is 9.10. The van der Waals surface area contributed by atoms with E-state index in [4.69, 9.17) is 5.73 Å². The Morgan fingerprint density at radius 1 is 1.38 bits per heavy atom. The predicted molar refractivity (Wildman–Crippen MR) is 65.5 cm³/mol. The van der Waals surface area contributed by atoms with Gasteiger partial charge in [-0.3, -0.25) is 4.68 Å². The second-order valence-corrected chi connectivity index (χ2v) is 4.50. The highest BCUT2D eigenvalue weighted by Gasteiger charge is 2.12. The molecule has 0 radical (unpaired) electrons. The first-order valence-electron chi connectivity index (χ1n) is 4.74. The summed E-state index contributed by atoms with van der Waals surface area (Å²) < 4.78 is 15.3. The van der Waals surface area contributed by atoms with Crippen molar-refractivity contribution in [1.29, 1.82) is 0 Å². The normalized spacial score (nSPS) is 10.8. The summed E-state index contributed by atoms with van der Waals surface area (Å²) in [5.74, 6) is 0.297. The molecule has 2 aromatic rings. The molecule has 1 heterocycles. The van der Waals surface area contributed by atoms with E-state index in [0.717, 1.165) is 16.7 Å². The number of rotatable bonds is 1. The predicted octanol–water partition coefficient (Wildman–Crippen LogP) is 2.88. The van der Waals surface area contributed by atoms with Gasteiger partial charge in [-0.2, -0.15) is 5.10 Å². The SMILES string of the molecule is Cc1cc(F)c(Br)cc1-c1cnn(C)c1N. The molecule has 0 saturated carbocycles. The fourth-order valence-electron chi connectivity index (χ4n) is 1.59. The van der Waals surface area contributed by atoms with Gasteiger partial charge in [-0.05, 0) is 46.1 Å². The lowest BCUT2D eigenvalue weighted by atomic mass is 10.0. The van der Waals surface area contributed by atoms with Gasteiger partial charge in [0.05, 0.1) is 10.7 Å². The van der Waals surface area contributed by atoms with Gasteiger partial charge < -0.3 is 5.73 Å². The standard InChI is InChI=1S/C11H11BrFN3/c1-6-3-10(13)9(12)4-7(6)8-5-15-16(2)11(8)14/h3-5H,14H2,1-2H3. The maximum atomic E-state index is 13.3. The van der Waals surface area contributed by atoms with Crippen molar-refractivity contribution in [3.8, 4) is 11.1 Å². The van der Waals surface area contributed by atoms with Crippen LogP contribution in [0.5, 0.6) is 0 Å². The van der Waals surface area contributed by atoms with Crippen molar-refractivity contribution in [3.05, 3.63) is 34.2 Å². The van der Waals surface area contributed by atoms with Crippen molar-refractivity contribution >= 4 is 21.7 Å². The van der Waals surface area contributed by atoms with Gasteiger partial charge in [0.1, 0.15) is 11.6 Å². The largest absolute Gasteiger partial charge is 0.383 e. The van der Waals surface area contributed by atoms with E-state index in [9.17, 15) is 4.39 Å². The zero-order valence-electron chi connectivity index (χ0n) is 8.96. The molecular weight excluding hydrogens is 273 g/mol. The van der Waals surface area contributed by atoms with E-state index in [-0.39, 0.29) is 5.82 Å². The molecule has 3 nitrogen and oxygen atoms in total. The van der Waals surface area contributed by atoms with Crippen molar-refractivity contribution in [2.24, 2.45) is 7.05 Å². The van der Waals surface area contributed by atoms with Crippen LogP contribution in [0.15, 0.2) is 22.8 Å². The molecular formula is C11H11BrFN3. The summed E-state index contributed by atoms with van der Waals surface area (Å²) in [6, 6.07) is 3.20. The van der Waals surface area contributed by atoms with Crippen molar-refractivity contribution < 1.29 is 4.39 Å². The average Bonchev–Trinajstić information content (AvgIpc) is 2.54. The lowest BCUT2D eigenvalue weighted by Gasteiger charge is -2.06. The third kappa shape index (κ3) is 1.71. The molecule has 84 valence electrons. The maximum Gasteiger partial charge on any atom is 0.137 e. The van der Waals surface area contributed by atoms with E-state index in [1.165, 1.54) is 6.07 Å². The summed E-state index contributed by atoms with van der Waals surface area (Å²) in [6.45, 7) is 1.84. The van der Waals surface area contributed by atoms with E-state index in [2.05, 4.69) is 21.0 Å². The quantitative estimate of drug-likeness (QED) is 0.875. The topological polar surface area (TPSA) is 43.8 Å². The molecule has 0 unspecified atom stereocenters. The van der Waals surface area contributed by atoms with E-state index >= 15 is 0 Å². The molecule has 2 rings (SSSR count). The first-order valence-corrected chi connectivity index (χ1v) is 5.53. The number of aromatic nitrogens is 2. The van der Waals surface area contributed by atoms with Gasteiger partial charge in [0.25, 0.3) is 0 Å². The number of aryl methyl sites for hydroxylation is 2. The van der Waals surface area contributed by atoms with Gasteiger partial charge in [-0.1, -0.05) is 0 Å². The lowest BCUT2D eigenvalue weighted by Crippen LogP contribution is -1.98. The summed E-state index contributed by atoms with van der Waals surface area (Å²) in [5, 5.41) is 4.07. The van der Waals surface area contributed by atoms with Crippen LogP contribution in [0.25, 0.3) is 11.1 Å². The molecule has 0 spiro atoms. The van der Waals surface area contributed by atoms with Gasteiger partial charge in [-0.25, -0.2) is 4.39 Å². The van der Waals surface area contributed by atoms with Crippen molar-refractivity contribution in [2.45, 2.75) is 6.92 Å². The van der Waals surface area contributed by atoms with Gasteiger partial charge in [0, 0.05) is 12.6 Å². The molecule has 1 aromatic heterocycles. The number of nitrogens with two attached hydrogens (primary N) is 1. The first kappa shape index (κ1) is 11.1. The van der Waals surface area contributed by atoms with Crippen LogP contribution in [-0.2, 0) is 7.05 Å². The van der Waals surface area contributed by atoms with Gasteiger partial charge in [0.15, 0.2) is 0 Å². The molecule has 0 aliphatic carbocycles. The minimum atomic E-state index is -0.274. The van der Waals surface area contributed by atoms with Gasteiger partial charge in [-0.15, -0.1) is 0 Å².